The number of H-pyrrole nitrogens is 1. The number of furan rings is 1. The van der Waals surface area contributed by atoms with Crippen LogP contribution < -0.4 is 0 Å². The van der Waals surface area contributed by atoms with E-state index in [1.54, 1.807) is 13.4 Å². The third-order valence-corrected chi connectivity index (χ3v) is 5.07. The molecule has 134 valence electrons. The summed E-state index contributed by atoms with van der Waals surface area (Å²) >= 11 is 3.45. The number of hydrogen-bond donors (Lipinski definition) is 1. The molecule has 1 aliphatic rings. The van der Waals surface area contributed by atoms with E-state index in [1.807, 2.05) is 41.3 Å². The molecule has 1 N–H and O–H groups in total. The highest BCUT2D eigenvalue weighted by molar-refractivity contribution is 9.10. The largest absolute Gasteiger partial charge is 0.467 e. The van der Waals surface area contributed by atoms with Crippen molar-refractivity contribution in [3.05, 3.63) is 64.2 Å². The van der Waals surface area contributed by atoms with Crippen LogP contribution in [0.4, 0.5) is 0 Å². The molecule has 7 heteroatoms. The molecule has 1 amide bonds. The van der Waals surface area contributed by atoms with Crippen LogP contribution >= 0.6 is 15.9 Å². The molecule has 0 bridgehead atoms. The normalized spacial score (nSPS) is 16.3. The lowest BCUT2D eigenvalue weighted by Crippen LogP contribution is -2.31. The second kappa shape index (κ2) is 7.09. The summed E-state index contributed by atoms with van der Waals surface area (Å²) in [5.41, 5.74) is 3.12. The van der Waals surface area contributed by atoms with Gasteiger partial charge >= 0.3 is 0 Å². The predicted octanol–water partition coefficient (Wildman–Crippen LogP) is 4.01. The first-order chi connectivity index (χ1) is 12.7. The molecular formula is C19H18BrN3O3. The van der Waals surface area contributed by atoms with E-state index in [9.17, 15) is 4.79 Å². The lowest BCUT2D eigenvalue weighted by molar-refractivity contribution is 0.0708. The third kappa shape index (κ3) is 2.87. The molecule has 0 saturated carbocycles. The SMILES string of the molecule is COCCCN1C(=O)c2[nH]nc(-c3ccc(Br)cc3)c2C1c1ccco1. The minimum Gasteiger partial charge on any atom is -0.467 e. The lowest BCUT2D eigenvalue weighted by atomic mass is 10.00. The lowest BCUT2D eigenvalue weighted by Gasteiger charge is -2.24. The van der Waals surface area contributed by atoms with Gasteiger partial charge in [0.15, 0.2) is 0 Å². The standard InChI is InChI=1S/C19H18BrN3O3/c1-25-10-3-9-23-18(14-4-2-11-26-14)15-16(21-22-17(15)19(23)24)12-5-7-13(20)8-6-12/h2,4-8,11,18H,3,9-10H2,1H3,(H,21,22). The second-order valence-electron chi connectivity index (χ2n) is 6.13. The molecule has 0 radical (unpaired) electrons. The van der Waals surface area contributed by atoms with Crippen molar-refractivity contribution in [2.24, 2.45) is 0 Å². The van der Waals surface area contributed by atoms with Crippen molar-refractivity contribution in [2.45, 2.75) is 12.5 Å². The number of fused-ring (bicyclic) bond motifs is 1. The number of nitrogens with zero attached hydrogens (tertiary/aromatic N) is 2. The number of aromatic amines is 1. The maximum Gasteiger partial charge on any atom is 0.273 e. The maximum atomic E-state index is 13.0. The molecular weight excluding hydrogens is 398 g/mol. The summed E-state index contributed by atoms with van der Waals surface area (Å²) < 4.78 is 11.8. The van der Waals surface area contributed by atoms with Crippen molar-refractivity contribution in [1.29, 1.82) is 0 Å². The predicted molar refractivity (Wildman–Crippen MR) is 99.8 cm³/mol. The molecule has 6 nitrogen and oxygen atoms in total. The Morgan fingerprint density at radius 3 is 2.81 bits per heavy atom. The van der Waals surface area contributed by atoms with Crippen molar-refractivity contribution in [2.75, 3.05) is 20.3 Å². The van der Waals surface area contributed by atoms with Gasteiger partial charge in [0.2, 0.25) is 0 Å². The fourth-order valence-corrected chi connectivity index (χ4v) is 3.64. The first-order valence-electron chi connectivity index (χ1n) is 8.38. The number of nitrogens with one attached hydrogen (secondary N) is 1. The van der Waals surface area contributed by atoms with Gasteiger partial charge < -0.3 is 14.1 Å². The first-order valence-corrected chi connectivity index (χ1v) is 9.17. The number of hydrogen-bond acceptors (Lipinski definition) is 4. The number of rotatable bonds is 6. The topological polar surface area (TPSA) is 71.4 Å². The number of halogens is 1. The molecule has 0 fully saturated rings. The highest BCUT2D eigenvalue weighted by Crippen LogP contribution is 2.42. The molecule has 4 rings (SSSR count). The van der Waals surface area contributed by atoms with Crippen molar-refractivity contribution < 1.29 is 13.9 Å². The number of amides is 1. The average Bonchev–Trinajstić information content (AvgIpc) is 3.35. The number of ether oxygens (including phenoxy) is 1. The van der Waals surface area contributed by atoms with Gasteiger partial charge in [-0.25, -0.2) is 0 Å². The van der Waals surface area contributed by atoms with Crippen molar-refractivity contribution >= 4 is 21.8 Å². The van der Waals surface area contributed by atoms with Crippen LogP contribution in [-0.2, 0) is 4.74 Å². The van der Waals surface area contributed by atoms with Gasteiger partial charge in [-0.1, -0.05) is 28.1 Å². The minimum atomic E-state index is -0.290. The Labute approximate surface area is 159 Å². The molecule has 0 spiro atoms. The molecule has 26 heavy (non-hydrogen) atoms. The molecule has 1 aliphatic heterocycles. The zero-order chi connectivity index (χ0) is 18.1. The number of benzene rings is 1. The van der Waals surface area contributed by atoms with Gasteiger partial charge in [-0.2, -0.15) is 5.10 Å². The van der Waals surface area contributed by atoms with Gasteiger partial charge in [0.05, 0.1) is 12.0 Å². The summed E-state index contributed by atoms with van der Waals surface area (Å²) in [6.45, 7) is 1.18. The van der Waals surface area contributed by atoms with E-state index < -0.39 is 0 Å². The van der Waals surface area contributed by atoms with Crippen LogP contribution in [0.1, 0.15) is 34.3 Å². The Kier molecular flexibility index (Phi) is 4.65. The summed E-state index contributed by atoms with van der Waals surface area (Å²) in [7, 11) is 1.66. The van der Waals surface area contributed by atoms with E-state index >= 15 is 0 Å². The molecule has 0 aliphatic carbocycles. The van der Waals surface area contributed by atoms with Crippen LogP contribution in [-0.4, -0.2) is 41.3 Å². The van der Waals surface area contributed by atoms with E-state index in [0.29, 0.717) is 18.8 Å². The Morgan fingerprint density at radius 1 is 1.31 bits per heavy atom. The first kappa shape index (κ1) is 17.1. The van der Waals surface area contributed by atoms with Gasteiger partial charge in [0, 0.05) is 35.9 Å². The highest BCUT2D eigenvalue weighted by atomic mass is 79.9. The second-order valence-corrected chi connectivity index (χ2v) is 7.05. The number of carbonyl (C=O) groups excluding carboxylic acids is 1. The van der Waals surface area contributed by atoms with E-state index in [2.05, 4.69) is 26.1 Å². The molecule has 1 unspecified atom stereocenters. The van der Waals surface area contributed by atoms with Crippen LogP contribution in [0.2, 0.25) is 0 Å². The van der Waals surface area contributed by atoms with Crippen molar-refractivity contribution in [3.63, 3.8) is 0 Å². The molecule has 1 atom stereocenters. The Morgan fingerprint density at radius 2 is 2.12 bits per heavy atom. The minimum absolute atomic E-state index is 0.0617. The summed E-state index contributed by atoms with van der Waals surface area (Å²) in [4.78, 5) is 14.8. The van der Waals surface area contributed by atoms with Crippen LogP contribution in [0.15, 0.2) is 51.6 Å². The van der Waals surface area contributed by atoms with Gasteiger partial charge in [0.25, 0.3) is 5.91 Å². The molecule has 2 aromatic heterocycles. The van der Waals surface area contributed by atoms with Gasteiger partial charge in [-0.3, -0.25) is 9.89 Å². The van der Waals surface area contributed by atoms with Crippen LogP contribution in [0.25, 0.3) is 11.3 Å². The van der Waals surface area contributed by atoms with Crippen LogP contribution in [0.3, 0.4) is 0 Å². The van der Waals surface area contributed by atoms with Crippen LogP contribution in [0.5, 0.6) is 0 Å². The van der Waals surface area contributed by atoms with E-state index in [1.165, 1.54) is 0 Å². The smallest absolute Gasteiger partial charge is 0.273 e. The van der Waals surface area contributed by atoms with E-state index in [0.717, 1.165) is 33.5 Å². The average molecular weight is 416 g/mol. The number of methoxy groups -OCH3 is 1. The third-order valence-electron chi connectivity index (χ3n) is 4.54. The van der Waals surface area contributed by atoms with Crippen molar-refractivity contribution in [1.82, 2.24) is 15.1 Å². The Hall–Kier alpha value is -2.38. The van der Waals surface area contributed by atoms with E-state index in [-0.39, 0.29) is 11.9 Å². The fourth-order valence-electron chi connectivity index (χ4n) is 3.38. The molecule has 3 heterocycles. The van der Waals surface area contributed by atoms with Gasteiger partial charge in [-0.15, -0.1) is 0 Å². The Bertz CT molecular complexity index is 903. The molecule has 1 aromatic carbocycles. The quantitative estimate of drug-likeness (QED) is 0.617. The zero-order valence-corrected chi connectivity index (χ0v) is 15.8. The fraction of sp³-hybridized carbons (Fsp3) is 0.263. The maximum absolute atomic E-state index is 13.0. The zero-order valence-electron chi connectivity index (χ0n) is 14.2. The Balaban J connectivity index is 1.78. The van der Waals surface area contributed by atoms with Gasteiger partial charge in [-0.05, 0) is 30.7 Å². The van der Waals surface area contributed by atoms with Gasteiger partial charge in [0.1, 0.15) is 17.5 Å². The summed E-state index contributed by atoms with van der Waals surface area (Å²) in [6, 6.07) is 11.3. The highest BCUT2D eigenvalue weighted by Gasteiger charge is 2.43. The monoisotopic (exact) mass is 415 g/mol. The summed E-state index contributed by atoms with van der Waals surface area (Å²) in [5, 5.41) is 7.36. The number of carbonyl (C=O) groups is 1. The summed E-state index contributed by atoms with van der Waals surface area (Å²) in [6.07, 6.45) is 2.38. The molecule has 3 aromatic rings. The van der Waals surface area contributed by atoms with Crippen LogP contribution in [0, 0.1) is 0 Å². The summed E-state index contributed by atoms with van der Waals surface area (Å²) in [5.74, 6) is 0.669. The number of aromatic nitrogens is 2. The van der Waals surface area contributed by atoms with Crippen molar-refractivity contribution in [3.8, 4) is 11.3 Å². The molecule has 0 saturated heterocycles. The van der Waals surface area contributed by atoms with E-state index in [4.69, 9.17) is 9.15 Å².